The first kappa shape index (κ1) is 6.50. The summed E-state index contributed by atoms with van der Waals surface area (Å²) in [5, 5.41) is 0. The molecule has 0 aromatic carbocycles. The molecule has 0 bridgehead atoms. The van der Waals surface area contributed by atoms with Gasteiger partial charge in [-0.3, -0.25) is 0 Å². The van der Waals surface area contributed by atoms with Crippen molar-refractivity contribution in [3.8, 4) is 0 Å². The molecule has 0 rings (SSSR count). The number of rotatable bonds is 0. The van der Waals surface area contributed by atoms with Crippen LogP contribution in [0, 0.1) is 0 Å². The predicted molar refractivity (Wildman–Crippen MR) is 19.3 cm³/mol. The van der Waals surface area contributed by atoms with Gasteiger partial charge in [0.15, 0.2) is 0 Å². The molecule has 0 aliphatic carbocycles. The summed E-state index contributed by atoms with van der Waals surface area (Å²) in [5.41, 5.74) is 0. The maximum absolute atomic E-state index is 9.41. The van der Waals surface area contributed by atoms with E-state index in [4.69, 9.17) is 18.8 Å². The van der Waals surface area contributed by atoms with Crippen LogP contribution in [0.5, 0.6) is 0 Å². The molecule has 1 nitrogen and oxygen atoms in total. The van der Waals surface area contributed by atoms with Gasteiger partial charge in [0.1, 0.15) is 0 Å². The summed E-state index contributed by atoms with van der Waals surface area (Å²) >= 11 is -1.93. The Hall–Kier alpha value is 1.50. The first-order valence-corrected chi connectivity index (χ1v) is 9.89. The standard InChI is InChI=1S/2ClH.OP.Pt/c;;1-2;/h2*1H;;/q;;-1;+3/p-2. The Morgan fingerprint density at radius 3 is 1.80 bits per heavy atom. The summed E-state index contributed by atoms with van der Waals surface area (Å²) in [4.78, 5) is 0. The average molecular weight is 313 g/mol. The van der Waals surface area contributed by atoms with E-state index in [0.717, 1.165) is 0 Å². The molecule has 0 heterocycles. The second kappa shape index (κ2) is 3.68. The van der Waals surface area contributed by atoms with Gasteiger partial charge in [0.25, 0.3) is 0 Å². The van der Waals surface area contributed by atoms with Crippen molar-refractivity contribution in [2.75, 3.05) is 0 Å². The van der Waals surface area contributed by atoms with E-state index in [1.54, 1.807) is 0 Å². The Kier molecular flexibility index (Phi) is 4.78. The monoisotopic (exact) mass is 312 g/mol. The van der Waals surface area contributed by atoms with E-state index < -0.39 is 14.0 Å². The van der Waals surface area contributed by atoms with E-state index >= 15 is 0 Å². The van der Waals surface area contributed by atoms with Crippen LogP contribution in [-0.2, 0) is 18.6 Å². The van der Waals surface area contributed by atoms with Gasteiger partial charge in [0.2, 0.25) is 0 Å². The summed E-state index contributed by atoms with van der Waals surface area (Å²) in [6.07, 6.45) is 0. The van der Waals surface area contributed by atoms with Gasteiger partial charge in [0, 0.05) is 0 Å². The summed E-state index contributed by atoms with van der Waals surface area (Å²) in [6.45, 7) is 0. The normalized spacial score (nSPS) is 10.4. The van der Waals surface area contributed by atoms with Gasteiger partial charge in [-0.2, -0.15) is 0 Å². The number of halogens is 2. The van der Waals surface area contributed by atoms with E-state index in [1.165, 1.54) is 0 Å². The zero-order valence-corrected chi connectivity index (χ0v) is 6.61. The Labute approximate surface area is 43.3 Å². The van der Waals surface area contributed by atoms with Crippen molar-refractivity contribution in [1.82, 2.24) is 0 Å². The first-order valence-electron chi connectivity index (χ1n) is 0.563. The van der Waals surface area contributed by atoms with Crippen LogP contribution in [0.4, 0.5) is 0 Å². The van der Waals surface area contributed by atoms with E-state index in [2.05, 4.69) is 0 Å². The third kappa shape index (κ3) is 5.50. The van der Waals surface area contributed by atoms with Crippen LogP contribution in [0.3, 0.4) is 0 Å². The minimum absolute atomic E-state index is 0.0648. The second-order valence-electron chi connectivity index (χ2n) is 0.210. The van der Waals surface area contributed by atoms with Gasteiger partial charge < -0.3 is 0 Å². The second-order valence-corrected chi connectivity index (χ2v) is 12.6. The Bertz CT molecular complexity index is 113. The van der Waals surface area contributed by atoms with E-state index in [-0.39, 0.29) is 5.87 Å². The predicted octanol–water partition coefficient (Wildman–Crippen LogP) is 2.12. The Morgan fingerprint density at radius 2 is 1.80 bits per heavy atom. The fourth-order valence-corrected chi connectivity index (χ4v) is 0. The van der Waals surface area contributed by atoms with Gasteiger partial charge in [-0.1, -0.05) is 0 Å². The van der Waals surface area contributed by atoms with Crippen molar-refractivity contribution >= 4 is 24.7 Å². The van der Waals surface area contributed by atoms with E-state index in [9.17, 15) is 4.57 Å². The summed E-state index contributed by atoms with van der Waals surface area (Å²) < 4.78 is 9.41. The summed E-state index contributed by atoms with van der Waals surface area (Å²) in [5.74, 6) is -0.0648. The third-order valence-electron chi connectivity index (χ3n) is 0.0436. The van der Waals surface area contributed by atoms with Crippen LogP contribution in [0.1, 0.15) is 0 Å². The van der Waals surface area contributed by atoms with Gasteiger partial charge in [-0.25, -0.2) is 0 Å². The molecule has 5 heteroatoms. The molecule has 0 atom stereocenters. The number of hydrogen-bond acceptors (Lipinski definition) is 1. The van der Waals surface area contributed by atoms with Crippen LogP contribution in [0.15, 0.2) is 0 Å². The van der Waals surface area contributed by atoms with Gasteiger partial charge >= 0.3 is 43.3 Å². The van der Waals surface area contributed by atoms with E-state index in [1.807, 2.05) is 0 Å². The van der Waals surface area contributed by atoms with Crippen molar-refractivity contribution in [3.05, 3.63) is 0 Å². The van der Waals surface area contributed by atoms with E-state index in [0.29, 0.717) is 0 Å². The Balaban J connectivity index is 3.97. The summed E-state index contributed by atoms with van der Waals surface area (Å²) in [6, 6.07) is 0. The molecule has 0 radical (unpaired) electrons. The molecule has 35 valence electrons. The Morgan fingerprint density at radius 1 is 1.60 bits per heavy atom. The van der Waals surface area contributed by atoms with Gasteiger partial charge in [-0.05, 0) is 0 Å². The fourth-order valence-electron chi connectivity index (χ4n) is 0. The minimum atomic E-state index is -1.93. The average Bonchev–Trinajstić information content (AvgIpc) is 1.38. The van der Waals surface area contributed by atoms with Crippen LogP contribution < -0.4 is 0 Å². The molecule has 0 saturated carbocycles. The molecule has 0 fully saturated rings. The van der Waals surface area contributed by atoms with Crippen LogP contribution in [-0.4, -0.2) is 0 Å². The molecule has 0 N–H and O–H groups in total. The van der Waals surface area contributed by atoms with Crippen LogP contribution in [0.2, 0.25) is 0 Å². The van der Waals surface area contributed by atoms with Crippen molar-refractivity contribution < 1.29 is 18.6 Å². The van der Waals surface area contributed by atoms with Crippen molar-refractivity contribution in [3.63, 3.8) is 0 Å². The molecule has 0 aromatic heterocycles. The molecule has 0 aliphatic heterocycles. The molecule has 0 aromatic rings. The molecular formula is Cl2OPPt. The van der Waals surface area contributed by atoms with Crippen molar-refractivity contribution in [1.29, 1.82) is 0 Å². The quantitative estimate of drug-likeness (QED) is 0.626. The third-order valence-corrected chi connectivity index (χ3v) is 3.22. The summed E-state index contributed by atoms with van der Waals surface area (Å²) in [7, 11) is 10.1. The zero-order valence-electron chi connectivity index (χ0n) is 1.93. The molecular weight excluding hydrogens is 313 g/mol. The molecule has 0 unspecified atom stereocenters. The fraction of sp³-hybridized carbons (Fsp3) is 0. The molecule has 5 heavy (non-hydrogen) atoms. The van der Waals surface area contributed by atoms with Crippen LogP contribution in [0.25, 0.3) is 0 Å². The topological polar surface area (TPSA) is 17.1 Å². The molecule has 0 aliphatic rings. The maximum atomic E-state index is 9.41. The van der Waals surface area contributed by atoms with Crippen molar-refractivity contribution in [2.45, 2.75) is 0 Å². The first-order chi connectivity index (χ1) is 2.27. The number of hydrogen-bond donors (Lipinski definition) is 0. The van der Waals surface area contributed by atoms with Gasteiger partial charge in [0.05, 0.1) is 0 Å². The SMILES string of the molecule is O=[P]#[Pt]([Cl])[Cl]. The van der Waals surface area contributed by atoms with Gasteiger partial charge in [-0.15, -0.1) is 0 Å². The molecule has 0 saturated heterocycles. The van der Waals surface area contributed by atoms with Crippen LogP contribution >= 0.6 is 24.7 Å². The molecule has 0 amide bonds. The molecule has 0 spiro atoms. The zero-order chi connectivity index (χ0) is 4.28. The van der Waals surface area contributed by atoms with Crippen molar-refractivity contribution in [2.24, 2.45) is 0 Å².